The number of nitrogens with zero attached hydrogens (tertiary/aromatic N) is 2. The van der Waals surface area contributed by atoms with E-state index in [9.17, 15) is 9.59 Å². The summed E-state index contributed by atoms with van der Waals surface area (Å²) in [7, 11) is 0. The Morgan fingerprint density at radius 3 is 2.39 bits per heavy atom. The van der Waals surface area contributed by atoms with Gasteiger partial charge in [-0.2, -0.15) is 0 Å². The quantitative estimate of drug-likeness (QED) is 0.542. The van der Waals surface area contributed by atoms with Gasteiger partial charge in [-0.1, -0.05) is 36.4 Å². The van der Waals surface area contributed by atoms with Gasteiger partial charge in [0.15, 0.2) is 0 Å². The van der Waals surface area contributed by atoms with Crippen LogP contribution in [0.5, 0.6) is 0 Å². The third kappa shape index (κ3) is 2.61. The molecule has 28 heavy (non-hydrogen) atoms. The number of rotatable bonds is 3. The number of benzene rings is 2. The van der Waals surface area contributed by atoms with Gasteiger partial charge >= 0.3 is 0 Å². The van der Waals surface area contributed by atoms with Crippen LogP contribution in [0.15, 0.2) is 72.9 Å². The summed E-state index contributed by atoms with van der Waals surface area (Å²) in [4.78, 5) is 34.1. The van der Waals surface area contributed by atoms with Crippen molar-refractivity contribution in [1.29, 1.82) is 0 Å². The smallest absolute Gasteiger partial charge is 0.267 e. The molecule has 4 aromatic rings. The average molecular weight is 365 g/mol. The van der Waals surface area contributed by atoms with Crippen molar-refractivity contribution in [2.45, 2.75) is 0 Å². The van der Waals surface area contributed by atoms with Crippen molar-refractivity contribution in [3.8, 4) is 0 Å². The molecule has 1 aliphatic rings. The first-order valence-corrected chi connectivity index (χ1v) is 8.91. The van der Waals surface area contributed by atoms with Gasteiger partial charge in [-0.3, -0.25) is 9.59 Å². The number of fused-ring (bicyclic) bond motifs is 2. The highest BCUT2D eigenvalue weighted by atomic mass is 16.2. The minimum atomic E-state index is -0.341. The number of hydrogen-bond donors (Lipinski definition) is 1. The molecule has 3 heterocycles. The lowest BCUT2D eigenvalue weighted by Gasteiger charge is -2.13. The monoisotopic (exact) mass is 365 g/mol. The number of anilines is 1. The minimum absolute atomic E-state index is 0.327. The highest BCUT2D eigenvalue weighted by Gasteiger charge is 2.36. The third-order valence-corrected chi connectivity index (χ3v) is 4.80. The molecule has 0 saturated heterocycles. The SMILES string of the molecule is O=C1c2ccccc2C(=O)N1c1cccc(/C=C/c2ccc3cc[nH]c3c2)n1. The normalized spacial score (nSPS) is 13.6. The van der Waals surface area contributed by atoms with Crippen molar-refractivity contribution in [2.75, 3.05) is 4.90 Å². The van der Waals surface area contributed by atoms with E-state index in [1.54, 1.807) is 36.4 Å². The predicted octanol–water partition coefficient (Wildman–Crippen LogP) is 4.53. The molecule has 0 fully saturated rings. The molecule has 0 unspecified atom stereocenters. The number of amides is 2. The Bertz CT molecular complexity index is 1230. The van der Waals surface area contributed by atoms with Crippen LogP contribution < -0.4 is 4.90 Å². The highest BCUT2D eigenvalue weighted by molar-refractivity contribution is 6.34. The van der Waals surface area contributed by atoms with E-state index >= 15 is 0 Å². The molecule has 0 radical (unpaired) electrons. The van der Waals surface area contributed by atoms with E-state index in [2.05, 4.69) is 16.0 Å². The van der Waals surface area contributed by atoms with Gasteiger partial charge in [0, 0.05) is 11.7 Å². The van der Waals surface area contributed by atoms with Gasteiger partial charge < -0.3 is 4.98 Å². The van der Waals surface area contributed by atoms with E-state index in [1.807, 2.05) is 42.6 Å². The maximum absolute atomic E-state index is 12.6. The Hall–Kier alpha value is -3.99. The fourth-order valence-corrected chi connectivity index (χ4v) is 3.40. The summed E-state index contributed by atoms with van der Waals surface area (Å²) < 4.78 is 0. The molecule has 0 saturated carbocycles. The van der Waals surface area contributed by atoms with Crippen molar-refractivity contribution >= 4 is 40.7 Å². The highest BCUT2D eigenvalue weighted by Crippen LogP contribution is 2.27. The van der Waals surface area contributed by atoms with E-state index in [-0.39, 0.29) is 11.8 Å². The summed E-state index contributed by atoms with van der Waals surface area (Å²) in [6.45, 7) is 0. The van der Waals surface area contributed by atoms with Crippen molar-refractivity contribution in [2.24, 2.45) is 0 Å². The molecule has 2 aromatic carbocycles. The van der Waals surface area contributed by atoms with Crippen LogP contribution in [0.3, 0.4) is 0 Å². The lowest BCUT2D eigenvalue weighted by Crippen LogP contribution is -2.30. The van der Waals surface area contributed by atoms with Crippen LogP contribution in [0.4, 0.5) is 5.82 Å². The lowest BCUT2D eigenvalue weighted by molar-refractivity contribution is 0.0925. The summed E-state index contributed by atoms with van der Waals surface area (Å²) in [5.41, 5.74) is 3.59. The van der Waals surface area contributed by atoms with Crippen molar-refractivity contribution in [3.05, 3.63) is 95.3 Å². The third-order valence-electron chi connectivity index (χ3n) is 4.80. The number of carbonyl (C=O) groups excluding carboxylic acids is 2. The van der Waals surface area contributed by atoms with E-state index in [0.717, 1.165) is 21.4 Å². The van der Waals surface area contributed by atoms with E-state index in [4.69, 9.17) is 0 Å². The van der Waals surface area contributed by atoms with Gasteiger partial charge in [0.1, 0.15) is 5.82 Å². The number of aromatic amines is 1. The Kier molecular flexibility index (Phi) is 3.66. The molecule has 5 rings (SSSR count). The van der Waals surface area contributed by atoms with Crippen LogP contribution in [0.25, 0.3) is 23.1 Å². The van der Waals surface area contributed by atoms with E-state index < -0.39 is 0 Å². The van der Waals surface area contributed by atoms with Crippen LogP contribution >= 0.6 is 0 Å². The number of carbonyl (C=O) groups is 2. The van der Waals surface area contributed by atoms with Crippen LogP contribution in [-0.2, 0) is 0 Å². The molecule has 134 valence electrons. The standard InChI is InChI=1S/C23H15N3O2/c27-22-18-5-1-2-6-19(18)23(28)26(22)21-7-3-4-17(25-21)11-9-15-8-10-16-12-13-24-20(16)14-15/h1-14,24H/b11-9+. The fourth-order valence-electron chi connectivity index (χ4n) is 3.40. The van der Waals surface area contributed by atoms with Gasteiger partial charge in [-0.25, -0.2) is 9.88 Å². The topological polar surface area (TPSA) is 66.1 Å². The molecule has 0 atom stereocenters. The number of imide groups is 1. The predicted molar refractivity (Wildman–Crippen MR) is 109 cm³/mol. The van der Waals surface area contributed by atoms with Gasteiger partial charge in [0.2, 0.25) is 0 Å². The Balaban J connectivity index is 1.45. The van der Waals surface area contributed by atoms with Gasteiger partial charge in [-0.15, -0.1) is 0 Å². The molecule has 1 N–H and O–H groups in total. The first kappa shape index (κ1) is 16.2. The van der Waals surface area contributed by atoms with Crippen molar-refractivity contribution < 1.29 is 9.59 Å². The zero-order valence-corrected chi connectivity index (χ0v) is 14.8. The molecular formula is C23H15N3O2. The molecule has 1 aliphatic heterocycles. The minimum Gasteiger partial charge on any atom is -0.361 e. The molecule has 0 aliphatic carbocycles. The Morgan fingerprint density at radius 1 is 0.821 bits per heavy atom. The summed E-state index contributed by atoms with van der Waals surface area (Å²) in [5, 5.41) is 1.16. The second-order valence-corrected chi connectivity index (χ2v) is 6.57. The molecular weight excluding hydrogens is 350 g/mol. The van der Waals surface area contributed by atoms with Crippen LogP contribution in [0.1, 0.15) is 32.0 Å². The largest absolute Gasteiger partial charge is 0.361 e. The number of nitrogens with one attached hydrogen (secondary N) is 1. The summed E-state index contributed by atoms with van der Waals surface area (Å²) in [5.74, 6) is -0.356. The Labute approximate surface area is 161 Å². The number of aromatic nitrogens is 2. The maximum atomic E-state index is 12.6. The molecule has 0 spiro atoms. The van der Waals surface area contributed by atoms with Gasteiger partial charge in [0.25, 0.3) is 11.8 Å². The molecule has 2 aromatic heterocycles. The fraction of sp³-hybridized carbons (Fsp3) is 0. The maximum Gasteiger partial charge on any atom is 0.267 e. The summed E-state index contributed by atoms with van der Waals surface area (Å²) >= 11 is 0. The van der Waals surface area contributed by atoms with Crippen molar-refractivity contribution in [1.82, 2.24) is 9.97 Å². The Morgan fingerprint density at radius 2 is 1.61 bits per heavy atom. The van der Waals surface area contributed by atoms with Gasteiger partial charge in [0.05, 0.1) is 16.8 Å². The second-order valence-electron chi connectivity index (χ2n) is 6.57. The molecule has 5 nitrogen and oxygen atoms in total. The summed E-state index contributed by atoms with van der Waals surface area (Å²) in [6, 6.07) is 20.3. The molecule has 0 bridgehead atoms. The zero-order chi connectivity index (χ0) is 19.1. The molecule has 5 heteroatoms. The number of H-pyrrole nitrogens is 1. The van der Waals surface area contributed by atoms with Crippen LogP contribution in [0, 0.1) is 0 Å². The van der Waals surface area contributed by atoms with E-state index in [0.29, 0.717) is 22.6 Å². The van der Waals surface area contributed by atoms with Crippen LogP contribution in [0.2, 0.25) is 0 Å². The lowest BCUT2D eigenvalue weighted by atomic mass is 10.1. The second kappa shape index (κ2) is 6.32. The zero-order valence-electron chi connectivity index (χ0n) is 14.8. The van der Waals surface area contributed by atoms with E-state index in [1.165, 1.54) is 0 Å². The molecule has 2 amide bonds. The van der Waals surface area contributed by atoms with Crippen LogP contribution in [-0.4, -0.2) is 21.8 Å². The van der Waals surface area contributed by atoms with Crippen molar-refractivity contribution in [3.63, 3.8) is 0 Å². The van der Waals surface area contributed by atoms with Gasteiger partial charge in [-0.05, 0) is 53.4 Å². The number of pyridine rings is 1. The summed E-state index contributed by atoms with van der Waals surface area (Å²) in [6.07, 6.45) is 5.73. The number of hydrogen-bond acceptors (Lipinski definition) is 3. The first-order chi connectivity index (χ1) is 13.7. The first-order valence-electron chi connectivity index (χ1n) is 8.91. The average Bonchev–Trinajstić information content (AvgIpc) is 3.29.